The van der Waals surface area contributed by atoms with Crippen molar-refractivity contribution in [2.24, 2.45) is 7.05 Å². The fraction of sp³-hybridized carbons (Fsp3) is 0.316. The lowest BCUT2D eigenvalue weighted by Crippen LogP contribution is -2.30. The van der Waals surface area contributed by atoms with Crippen LogP contribution in [0.25, 0.3) is 22.3 Å². The zero-order valence-corrected chi connectivity index (χ0v) is 25.7. The van der Waals surface area contributed by atoms with E-state index in [0.29, 0.717) is 11.8 Å². The molecule has 0 saturated heterocycles. The van der Waals surface area contributed by atoms with Crippen LogP contribution >= 0.6 is 0 Å². The van der Waals surface area contributed by atoms with Crippen LogP contribution in [0.3, 0.4) is 0 Å². The Labute approximate surface area is 260 Å². The molecule has 0 spiro atoms. The molecule has 0 radical (unpaired) electrons. The number of allylic oxidation sites excluding steroid dienone is 2. The Kier molecular flexibility index (Phi) is 6.47. The molecule has 1 atom stereocenters. The standard InChI is InChI=1S/C38H39N5O/c1-4-42-24-30-17-29(27-12-15-39-37(20-27)44-38(2)13-6-5-7-14-38)19-36(34(30)25-42)43-16-8-9-28-18-32(31-22-40-41(3)23-31)33(21-35(28)43)26-10-11-26/h4-7,12-13,15,17-23,26H,1,8-11,14,16,24-25H2,2-3H3. The zero-order valence-electron chi connectivity index (χ0n) is 25.7. The summed E-state index contributed by atoms with van der Waals surface area (Å²) in [6.45, 7) is 8.98. The lowest BCUT2D eigenvalue weighted by molar-refractivity contribution is 0.136. The van der Waals surface area contributed by atoms with Gasteiger partial charge in [-0.25, -0.2) is 4.98 Å². The quantitative estimate of drug-likeness (QED) is 0.220. The Balaban J connectivity index is 1.22. The van der Waals surface area contributed by atoms with Crippen LogP contribution in [0.5, 0.6) is 5.88 Å². The van der Waals surface area contributed by atoms with Crippen LogP contribution in [0.1, 0.15) is 60.8 Å². The molecule has 6 nitrogen and oxygen atoms in total. The van der Waals surface area contributed by atoms with E-state index in [0.717, 1.165) is 44.5 Å². The van der Waals surface area contributed by atoms with E-state index in [2.05, 4.69) is 100 Å². The lowest BCUT2D eigenvalue weighted by atomic mass is 9.90. The fourth-order valence-electron chi connectivity index (χ4n) is 7.16. The summed E-state index contributed by atoms with van der Waals surface area (Å²) in [5, 5.41) is 4.50. The van der Waals surface area contributed by atoms with Gasteiger partial charge < -0.3 is 14.5 Å². The van der Waals surface area contributed by atoms with Crippen molar-refractivity contribution in [2.45, 2.75) is 63.6 Å². The van der Waals surface area contributed by atoms with Gasteiger partial charge in [0.25, 0.3) is 0 Å². The van der Waals surface area contributed by atoms with Crippen molar-refractivity contribution in [3.63, 3.8) is 0 Å². The van der Waals surface area contributed by atoms with Gasteiger partial charge in [0.2, 0.25) is 5.88 Å². The minimum absolute atomic E-state index is 0.390. The number of hydrogen-bond acceptors (Lipinski definition) is 5. The monoisotopic (exact) mass is 581 g/mol. The van der Waals surface area contributed by atoms with E-state index in [1.165, 1.54) is 63.2 Å². The summed E-state index contributed by atoms with van der Waals surface area (Å²) in [4.78, 5) is 9.51. The van der Waals surface area contributed by atoms with Crippen LogP contribution in [0.4, 0.5) is 11.4 Å². The third-order valence-corrected chi connectivity index (χ3v) is 9.63. The number of ether oxygens (including phenoxy) is 1. The Morgan fingerprint density at radius 2 is 1.91 bits per heavy atom. The number of hydrogen-bond donors (Lipinski definition) is 0. The number of fused-ring (bicyclic) bond motifs is 2. The Bertz CT molecular complexity index is 1830. The second-order valence-electron chi connectivity index (χ2n) is 13.0. The van der Waals surface area contributed by atoms with Gasteiger partial charge in [-0.15, -0.1) is 0 Å². The first-order chi connectivity index (χ1) is 21.5. The van der Waals surface area contributed by atoms with Crippen molar-refractivity contribution in [2.75, 3.05) is 11.4 Å². The van der Waals surface area contributed by atoms with E-state index in [9.17, 15) is 0 Å². The largest absolute Gasteiger partial charge is 0.467 e. The minimum Gasteiger partial charge on any atom is -0.467 e. The molecule has 2 aromatic carbocycles. The van der Waals surface area contributed by atoms with Crippen molar-refractivity contribution in [1.29, 1.82) is 0 Å². The van der Waals surface area contributed by atoms with Gasteiger partial charge in [-0.2, -0.15) is 5.10 Å². The molecule has 4 heterocycles. The maximum atomic E-state index is 6.43. The van der Waals surface area contributed by atoms with Crippen LogP contribution in [-0.4, -0.2) is 31.8 Å². The van der Waals surface area contributed by atoms with Gasteiger partial charge in [0, 0.05) is 74.1 Å². The van der Waals surface area contributed by atoms with Gasteiger partial charge in [-0.3, -0.25) is 4.68 Å². The average Bonchev–Trinajstić information content (AvgIpc) is 3.65. The molecule has 6 heteroatoms. The van der Waals surface area contributed by atoms with Gasteiger partial charge in [0.15, 0.2) is 0 Å². The van der Waals surface area contributed by atoms with E-state index < -0.39 is 0 Å². The summed E-state index contributed by atoms with van der Waals surface area (Å²) in [5.41, 5.74) is 12.9. The second-order valence-corrected chi connectivity index (χ2v) is 13.0. The van der Waals surface area contributed by atoms with Crippen molar-refractivity contribution < 1.29 is 4.74 Å². The topological polar surface area (TPSA) is 46.4 Å². The number of benzene rings is 2. The smallest absolute Gasteiger partial charge is 0.214 e. The van der Waals surface area contributed by atoms with Gasteiger partial charge in [-0.05, 0) is 115 Å². The maximum absolute atomic E-state index is 6.43. The molecule has 4 aliphatic rings. The molecule has 1 saturated carbocycles. The third kappa shape index (κ3) is 4.92. The second kappa shape index (κ2) is 10.5. The Morgan fingerprint density at radius 3 is 2.68 bits per heavy atom. The van der Waals surface area contributed by atoms with Crippen molar-refractivity contribution in [1.82, 2.24) is 19.7 Å². The number of aryl methyl sites for hydroxylation is 2. The first kappa shape index (κ1) is 27.0. The highest BCUT2D eigenvalue weighted by Crippen LogP contribution is 2.49. The third-order valence-electron chi connectivity index (χ3n) is 9.63. The first-order valence-corrected chi connectivity index (χ1v) is 15.9. The molecular weight excluding hydrogens is 542 g/mol. The van der Waals surface area contributed by atoms with Crippen LogP contribution in [0.15, 0.2) is 92.1 Å². The molecule has 2 aliphatic heterocycles. The van der Waals surface area contributed by atoms with Crippen LogP contribution in [0, 0.1) is 0 Å². The molecule has 222 valence electrons. The summed E-state index contributed by atoms with van der Waals surface area (Å²) in [6, 6.07) is 13.9. The Morgan fingerprint density at radius 1 is 1.00 bits per heavy atom. The molecule has 44 heavy (non-hydrogen) atoms. The highest BCUT2D eigenvalue weighted by atomic mass is 16.5. The van der Waals surface area contributed by atoms with Gasteiger partial charge >= 0.3 is 0 Å². The van der Waals surface area contributed by atoms with Crippen LogP contribution in [0.2, 0.25) is 0 Å². The van der Waals surface area contributed by atoms with Crippen molar-refractivity contribution in [3.05, 3.63) is 114 Å². The molecule has 4 aromatic rings. The minimum atomic E-state index is -0.390. The molecule has 8 rings (SSSR count). The normalized spacial score (nSPS) is 20.5. The number of anilines is 2. The Hall–Kier alpha value is -4.58. The van der Waals surface area contributed by atoms with E-state index in [-0.39, 0.29) is 5.60 Å². The summed E-state index contributed by atoms with van der Waals surface area (Å²) in [6.07, 6.45) is 22.0. The van der Waals surface area contributed by atoms with Gasteiger partial charge in [0.05, 0.1) is 6.20 Å². The summed E-state index contributed by atoms with van der Waals surface area (Å²) < 4.78 is 8.34. The molecule has 1 fully saturated rings. The number of pyridine rings is 1. The number of rotatable bonds is 7. The van der Waals surface area contributed by atoms with E-state index >= 15 is 0 Å². The van der Waals surface area contributed by atoms with E-state index in [1.807, 2.05) is 30.3 Å². The number of nitrogens with zero attached hydrogens (tertiary/aromatic N) is 5. The highest BCUT2D eigenvalue weighted by molar-refractivity contribution is 5.81. The zero-order chi connectivity index (χ0) is 29.8. The maximum Gasteiger partial charge on any atom is 0.214 e. The summed E-state index contributed by atoms with van der Waals surface area (Å²) in [5.74, 6) is 1.29. The van der Waals surface area contributed by atoms with E-state index in [4.69, 9.17) is 4.74 Å². The molecule has 0 amide bonds. The molecule has 2 aromatic heterocycles. The highest BCUT2D eigenvalue weighted by Gasteiger charge is 2.32. The molecule has 0 bridgehead atoms. The van der Waals surface area contributed by atoms with Crippen molar-refractivity contribution in [3.8, 4) is 28.1 Å². The number of aromatic nitrogens is 3. The predicted molar refractivity (Wildman–Crippen MR) is 177 cm³/mol. The summed E-state index contributed by atoms with van der Waals surface area (Å²) in [7, 11) is 2.00. The molecular formula is C38H39N5O. The average molecular weight is 582 g/mol. The SMILES string of the molecule is C=CN1Cc2cc(-c3ccnc(OC4(C)C=CC=CC4)c3)cc(N3CCCc4cc(-c5cnn(C)c5)c(C5CC5)cc43)c2C1. The van der Waals surface area contributed by atoms with Crippen LogP contribution < -0.4 is 9.64 Å². The first-order valence-electron chi connectivity index (χ1n) is 15.9. The van der Waals surface area contributed by atoms with Crippen LogP contribution in [-0.2, 0) is 26.6 Å². The van der Waals surface area contributed by atoms with Gasteiger partial charge in [-0.1, -0.05) is 24.8 Å². The van der Waals surface area contributed by atoms with E-state index in [1.54, 1.807) is 0 Å². The summed E-state index contributed by atoms with van der Waals surface area (Å²) >= 11 is 0. The lowest BCUT2D eigenvalue weighted by Gasteiger charge is -2.34. The molecule has 0 N–H and O–H groups in total. The van der Waals surface area contributed by atoms with Gasteiger partial charge in [0.1, 0.15) is 5.60 Å². The molecule has 2 aliphatic carbocycles. The predicted octanol–water partition coefficient (Wildman–Crippen LogP) is 8.22. The fourth-order valence-corrected chi connectivity index (χ4v) is 7.16. The van der Waals surface area contributed by atoms with Crippen molar-refractivity contribution >= 4 is 11.4 Å². The molecule has 1 unspecified atom stereocenters.